The Hall–Kier alpha value is -5.51. The number of imidazole rings is 2. The SMILES string of the molecule is NC(=O)CC(NC(=O)C(N)Cc1c[nH]c2ccccc12)C(=O)NC(Cc1cnc[nH]1)C(=O)NC(Cc1cnc[nH]1)C(=O)O. The maximum Gasteiger partial charge on any atom is 0.326 e. The Bertz CT molecular complexity index is 1570. The van der Waals surface area contributed by atoms with Crippen molar-refractivity contribution < 1.29 is 29.1 Å². The van der Waals surface area contributed by atoms with Crippen LogP contribution in [0.1, 0.15) is 23.4 Å². The number of rotatable bonds is 15. The molecule has 0 aliphatic carbocycles. The zero-order valence-electron chi connectivity index (χ0n) is 22.9. The van der Waals surface area contributed by atoms with Crippen molar-refractivity contribution in [1.29, 1.82) is 0 Å². The van der Waals surface area contributed by atoms with Gasteiger partial charge in [0.2, 0.25) is 23.6 Å². The fourth-order valence-corrected chi connectivity index (χ4v) is 4.51. The Labute approximate surface area is 244 Å². The average molecular weight is 593 g/mol. The number of carbonyl (C=O) groups is 5. The highest BCUT2D eigenvalue weighted by atomic mass is 16.4. The van der Waals surface area contributed by atoms with Crippen molar-refractivity contribution in [2.24, 2.45) is 11.5 Å². The maximum absolute atomic E-state index is 13.3. The number of aromatic amines is 3. The summed E-state index contributed by atoms with van der Waals surface area (Å²) < 4.78 is 0. The fraction of sp³-hybridized carbons (Fsp3) is 0.296. The minimum atomic E-state index is -1.46. The number of aliphatic carboxylic acids is 1. The first-order valence-electron chi connectivity index (χ1n) is 13.3. The number of primary amides is 1. The average Bonchev–Trinajstić information content (AvgIpc) is 3.75. The molecule has 3 heterocycles. The number of aromatic nitrogens is 5. The number of hydrogen-bond donors (Lipinski definition) is 9. The van der Waals surface area contributed by atoms with E-state index in [1.165, 1.54) is 25.0 Å². The molecule has 4 rings (SSSR count). The molecule has 4 amide bonds. The van der Waals surface area contributed by atoms with E-state index in [-0.39, 0.29) is 19.3 Å². The van der Waals surface area contributed by atoms with Crippen LogP contribution in [0.4, 0.5) is 0 Å². The number of carbonyl (C=O) groups excluding carboxylic acids is 4. The molecule has 0 radical (unpaired) electrons. The van der Waals surface area contributed by atoms with E-state index in [1.54, 1.807) is 6.20 Å². The van der Waals surface area contributed by atoms with Crippen LogP contribution >= 0.6 is 0 Å². The summed E-state index contributed by atoms with van der Waals surface area (Å²) in [4.78, 5) is 79.7. The second-order valence-electron chi connectivity index (χ2n) is 9.92. The molecule has 16 nitrogen and oxygen atoms in total. The summed E-state index contributed by atoms with van der Waals surface area (Å²) in [5.74, 6) is -4.63. The van der Waals surface area contributed by atoms with Crippen molar-refractivity contribution >= 4 is 40.5 Å². The van der Waals surface area contributed by atoms with E-state index in [0.717, 1.165) is 16.5 Å². The topological polar surface area (TPSA) is 267 Å². The van der Waals surface area contributed by atoms with Crippen molar-refractivity contribution in [3.05, 3.63) is 72.5 Å². The predicted octanol–water partition coefficient (Wildman–Crippen LogP) is -1.62. The molecule has 43 heavy (non-hydrogen) atoms. The molecule has 0 aliphatic heterocycles. The van der Waals surface area contributed by atoms with Crippen LogP contribution in [0.3, 0.4) is 0 Å². The normalized spacial score (nSPS) is 13.9. The van der Waals surface area contributed by atoms with Crippen LogP contribution in [0, 0.1) is 0 Å². The molecule has 0 saturated carbocycles. The van der Waals surface area contributed by atoms with E-state index in [0.29, 0.717) is 11.4 Å². The van der Waals surface area contributed by atoms with Gasteiger partial charge >= 0.3 is 5.97 Å². The standard InChI is InChI=1S/C27H32N10O6/c28-18(5-14-9-32-19-4-2-1-3-17(14)19)24(39)35-21(8-23(29)38)26(41)36-20(6-15-10-30-12-33-15)25(40)37-22(27(42)43)7-16-11-31-13-34-16/h1-4,9-13,18,20-22,32H,5-8,28H2,(H2,29,38)(H,30,33)(H,31,34)(H,35,39)(H,36,41)(H,37,40)(H,42,43). The van der Waals surface area contributed by atoms with Gasteiger partial charge in [-0.15, -0.1) is 0 Å². The molecular formula is C27H32N10O6. The van der Waals surface area contributed by atoms with Gasteiger partial charge < -0.3 is 47.5 Å². The summed E-state index contributed by atoms with van der Waals surface area (Å²) >= 11 is 0. The highest BCUT2D eigenvalue weighted by Crippen LogP contribution is 2.19. The number of amides is 4. The van der Waals surface area contributed by atoms with Crippen molar-refractivity contribution in [2.75, 3.05) is 0 Å². The summed E-state index contributed by atoms with van der Waals surface area (Å²) in [6.45, 7) is 0. The Morgan fingerprint density at radius 3 is 1.98 bits per heavy atom. The van der Waals surface area contributed by atoms with Crippen molar-refractivity contribution in [3.63, 3.8) is 0 Å². The summed E-state index contributed by atoms with van der Waals surface area (Å²) in [5, 5.41) is 17.9. The van der Waals surface area contributed by atoms with Crippen LogP contribution in [-0.4, -0.2) is 83.8 Å². The smallest absolute Gasteiger partial charge is 0.326 e. The molecular weight excluding hydrogens is 560 g/mol. The Morgan fingerprint density at radius 1 is 0.791 bits per heavy atom. The quantitative estimate of drug-likeness (QED) is 0.0767. The molecule has 4 unspecified atom stereocenters. The molecule has 16 heteroatoms. The minimum absolute atomic E-state index is 0.0968. The highest BCUT2D eigenvalue weighted by molar-refractivity contribution is 5.96. The molecule has 1 aromatic carbocycles. The number of nitrogens with zero attached hydrogens (tertiary/aromatic N) is 2. The molecule has 226 valence electrons. The van der Waals surface area contributed by atoms with E-state index in [1.807, 2.05) is 24.3 Å². The summed E-state index contributed by atoms with van der Waals surface area (Å²) in [6, 6.07) is 2.27. The lowest BCUT2D eigenvalue weighted by molar-refractivity contribution is -0.142. The van der Waals surface area contributed by atoms with Gasteiger partial charge in [-0.2, -0.15) is 0 Å². The third kappa shape index (κ3) is 8.26. The lowest BCUT2D eigenvalue weighted by Gasteiger charge is -2.24. The molecule has 0 spiro atoms. The second-order valence-corrected chi connectivity index (χ2v) is 9.92. The number of nitrogens with one attached hydrogen (secondary N) is 6. The fourth-order valence-electron chi connectivity index (χ4n) is 4.51. The van der Waals surface area contributed by atoms with E-state index < -0.39 is 60.2 Å². The molecule has 0 saturated heterocycles. The zero-order valence-corrected chi connectivity index (χ0v) is 22.9. The summed E-state index contributed by atoms with van der Waals surface area (Å²) in [5.41, 5.74) is 14.1. The number of benzene rings is 1. The summed E-state index contributed by atoms with van der Waals surface area (Å²) in [6.07, 6.45) is 6.69. The third-order valence-electron chi connectivity index (χ3n) is 6.70. The van der Waals surface area contributed by atoms with Crippen LogP contribution in [0.2, 0.25) is 0 Å². The van der Waals surface area contributed by atoms with Crippen LogP contribution in [0.5, 0.6) is 0 Å². The first kappa shape index (κ1) is 30.4. The van der Waals surface area contributed by atoms with E-state index >= 15 is 0 Å². The molecule has 0 fully saturated rings. The molecule has 0 aliphatic rings. The van der Waals surface area contributed by atoms with Crippen molar-refractivity contribution in [3.8, 4) is 0 Å². The summed E-state index contributed by atoms with van der Waals surface area (Å²) in [7, 11) is 0. The number of H-pyrrole nitrogens is 3. The first-order chi connectivity index (χ1) is 20.6. The van der Waals surface area contributed by atoms with Crippen molar-refractivity contribution in [2.45, 2.75) is 49.9 Å². The molecule has 3 aromatic heterocycles. The second kappa shape index (κ2) is 13.9. The van der Waals surface area contributed by atoms with Gasteiger partial charge in [0, 0.05) is 53.7 Å². The number of para-hydroxylation sites is 1. The van der Waals surface area contributed by atoms with Gasteiger partial charge in [-0.05, 0) is 18.1 Å². The Morgan fingerprint density at radius 2 is 1.37 bits per heavy atom. The van der Waals surface area contributed by atoms with Gasteiger partial charge in [0.1, 0.15) is 18.1 Å². The largest absolute Gasteiger partial charge is 0.480 e. The van der Waals surface area contributed by atoms with Gasteiger partial charge in [-0.25, -0.2) is 14.8 Å². The van der Waals surface area contributed by atoms with Gasteiger partial charge in [0.05, 0.1) is 25.1 Å². The molecule has 0 bridgehead atoms. The Kier molecular flexibility index (Phi) is 9.85. The highest BCUT2D eigenvalue weighted by Gasteiger charge is 2.32. The van der Waals surface area contributed by atoms with E-state index in [2.05, 4.69) is 40.9 Å². The van der Waals surface area contributed by atoms with E-state index in [9.17, 15) is 29.1 Å². The van der Waals surface area contributed by atoms with Gasteiger partial charge in [0.15, 0.2) is 0 Å². The predicted molar refractivity (Wildman–Crippen MR) is 152 cm³/mol. The lowest BCUT2D eigenvalue weighted by atomic mass is 10.0. The molecule has 4 atom stereocenters. The Balaban J connectivity index is 1.46. The molecule has 4 aromatic rings. The van der Waals surface area contributed by atoms with Crippen LogP contribution < -0.4 is 27.4 Å². The zero-order chi connectivity index (χ0) is 30.9. The van der Waals surface area contributed by atoms with Crippen LogP contribution in [-0.2, 0) is 43.2 Å². The third-order valence-corrected chi connectivity index (χ3v) is 6.70. The van der Waals surface area contributed by atoms with Gasteiger partial charge in [-0.1, -0.05) is 18.2 Å². The van der Waals surface area contributed by atoms with E-state index in [4.69, 9.17) is 11.5 Å². The number of nitrogens with two attached hydrogens (primary N) is 2. The maximum atomic E-state index is 13.3. The minimum Gasteiger partial charge on any atom is -0.480 e. The number of fused-ring (bicyclic) bond motifs is 1. The monoisotopic (exact) mass is 592 g/mol. The first-order valence-corrected chi connectivity index (χ1v) is 13.3. The lowest BCUT2D eigenvalue weighted by Crippen LogP contribution is -2.58. The van der Waals surface area contributed by atoms with Crippen LogP contribution in [0.25, 0.3) is 10.9 Å². The van der Waals surface area contributed by atoms with Crippen molar-refractivity contribution in [1.82, 2.24) is 40.9 Å². The number of hydrogen-bond acceptors (Lipinski definition) is 8. The van der Waals surface area contributed by atoms with Gasteiger partial charge in [0.25, 0.3) is 0 Å². The number of carboxylic acid groups (broad SMARTS) is 1. The molecule has 11 N–H and O–H groups in total. The van der Waals surface area contributed by atoms with Gasteiger partial charge in [-0.3, -0.25) is 19.2 Å². The number of carboxylic acids is 1. The van der Waals surface area contributed by atoms with Crippen LogP contribution in [0.15, 0.2) is 55.5 Å².